The summed E-state index contributed by atoms with van der Waals surface area (Å²) in [5.74, 6) is 0. The van der Waals surface area contributed by atoms with E-state index in [1.165, 1.54) is 100 Å². The summed E-state index contributed by atoms with van der Waals surface area (Å²) in [5.41, 5.74) is 27.9. The minimum Gasteiger partial charge on any atom is -0.264 e. The second-order valence-electron chi connectivity index (χ2n) is 19.0. The number of fused-ring (bicyclic) bond motifs is 7. The molecule has 0 saturated carbocycles. The van der Waals surface area contributed by atoms with Crippen LogP contribution in [0, 0.1) is 0 Å². The second-order valence-corrected chi connectivity index (χ2v) is 19.0. The van der Waals surface area contributed by atoms with Gasteiger partial charge < -0.3 is 0 Å². The van der Waals surface area contributed by atoms with E-state index >= 15 is 0 Å². The van der Waals surface area contributed by atoms with Gasteiger partial charge >= 0.3 is 0 Å². The summed E-state index contributed by atoms with van der Waals surface area (Å²) in [5, 5.41) is 0. The number of allylic oxidation sites excluding steroid dienone is 7. The van der Waals surface area contributed by atoms with Crippen LogP contribution >= 0.6 is 0 Å². The van der Waals surface area contributed by atoms with Gasteiger partial charge in [-0.3, -0.25) is 19.9 Å². The highest BCUT2D eigenvalue weighted by Crippen LogP contribution is 2.27. The second kappa shape index (κ2) is 23.4. The Kier molecular flexibility index (Phi) is 16.3. The average Bonchev–Trinajstić information content (AvgIpc) is 4.23. The molecule has 8 heteroatoms. The van der Waals surface area contributed by atoms with Gasteiger partial charge in [-0.1, -0.05) is 106 Å². The van der Waals surface area contributed by atoms with Gasteiger partial charge in [0, 0.05) is 73.5 Å². The number of aromatic nitrogens is 8. The van der Waals surface area contributed by atoms with E-state index in [-0.39, 0.29) is 0 Å². The maximum absolute atomic E-state index is 4.26. The molecule has 6 heterocycles. The maximum atomic E-state index is 4.26. The van der Waals surface area contributed by atoms with Crippen LogP contribution in [0.15, 0.2) is 162 Å². The van der Waals surface area contributed by atoms with E-state index in [1.807, 2.05) is 61.7 Å². The SMILES string of the molecule is CC1=Cc2ccccc2C1.CC1=Cc2cccnc2C1.CC1=Cc2ccncc2C1.CC1=Cc2cnccc2C1.CC1=Cc2cncnc2C1.CC1=Cc2ncccc2C1.CC1=Cc2ncncc2C1. The topological polar surface area (TPSA) is 103 Å². The molecule has 7 aliphatic carbocycles. The first-order valence-electron chi connectivity index (χ1n) is 24.1. The Labute approximate surface area is 414 Å². The zero-order valence-electron chi connectivity index (χ0n) is 41.6. The van der Waals surface area contributed by atoms with E-state index in [4.69, 9.17) is 0 Å². The zero-order chi connectivity index (χ0) is 48.8. The minimum absolute atomic E-state index is 0.998. The van der Waals surface area contributed by atoms with Gasteiger partial charge in [0.1, 0.15) is 12.7 Å². The molecule has 0 radical (unpaired) electrons. The molecule has 14 rings (SSSR count). The first-order chi connectivity index (χ1) is 34.0. The van der Waals surface area contributed by atoms with Gasteiger partial charge in [0.05, 0.1) is 22.8 Å². The molecule has 0 N–H and O–H groups in total. The Morgan fingerprint density at radius 3 is 1.43 bits per heavy atom. The van der Waals surface area contributed by atoms with E-state index in [0.29, 0.717) is 0 Å². The fourth-order valence-electron chi connectivity index (χ4n) is 9.20. The lowest BCUT2D eigenvalue weighted by molar-refractivity contribution is 1.03. The van der Waals surface area contributed by atoms with Crippen molar-refractivity contribution in [3.05, 3.63) is 240 Å². The lowest BCUT2D eigenvalue weighted by Gasteiger charge is -1.93. The third-order valence-corrected chi connectivity index (χ3v) is 12.5. The molecule has 350 valence electrons. The Hall–Kier alpha value is -7.84. The van der Waals surface area contributed by atoms with Crippen LogP contribution in [0.4, 0.5) is 0 Å². The smallest absolute Gasteiger partial charge is 0.116 e. The third-order valence-electron chi connectivity index (χ3n) is 12.5. The summed E-state index contributed by atoms with van der Waals surface area (Å²) in [4.78, 5) is 32.7. The van der Waals surface area contributed by atoms with Gasteiger partial charge in [-0.15, -0.1) is 0 Å². The number of hydrogen-bond donors (Lipinski definition) is 0. The first-order valence-corrected chi connectivity index (χ1v) is 24.1. The Balaban J connectivity index is 0.000000110. The molecule has 0 fully saturated rings. The average molecular weight is 919 g/mol. The largest absolute Gasteiger partial charge is 0.264 e. The van der Waals surface area contributed by atoms with E-state index in [9.17, 15) is 0 Å². The van der Waals surface area contributed by atoms with Crippen molar-refractivity contribution >= 4 is 42.5 Å². The summed E-state index contributed by atoms with van der Waals surface area (Å²) in [7, 11) is 0. The van der Waals surface area contributed by atoms with Crippen molar-refractivity contribution in [1.82, 2.24) is 39.9 Å². The normalized spacial score (nSPS) is 14.7. The Morgan fingerprint density at radius 2 is 0.743 bits per heavy atom. The molecule has 0 unspecified atom stereocenters. The Morgan fingerprint density at radius 1 is 0.286 bits per heavy atom. The predicted octanol–water partition coefficient (Wildman–Crippen LogP) is 13.7. The summed E-state index contributed by atoms with van der Waals surface area (Å²) in [6.07, 6.45) is 40.9. The predicted molar refractivity (Wildman–Crippen MR) is 289 cm³/mol. The van der Waals surface area contributed by atoms with Crippen LogP contribution in [-0.2, 0) is 44.9 Å². The lowest BCUT2D eigenvalue weighted by Crippen LogP contribution is -1.88. The highest BCUT2D eigenvalue weighted by Gasteiger charge is 2.13. The van der Waals surface area contributed by atoms with Crippen molar-refractivity contribution in [2.24, 2.45) is 0 Å². The summed E-state index contributed by atoms with van der Waals surface area (Å²) in [6, 6.07) is 20.9. The van der Waals surface area contributed by atoms with Crippen LogP contribution < -0.4 is 0 Å². The monoisotopic (exact) mass is 919 g/mol. The van der Waals surface area contributed by atoms with Gasteiger partial charge in [-0.05, 0) is 161 Å². The molecule has 1 aromatic carbocycles. The summed E-state index contributed by atoms with van der Waals surface area (Å²) in [6.45, 7) is 15.0. The number of hydrogen-bond acceptors (Lipinski definition) is 8. The van der Waals surface area contributed by atoms with Crippen LogP contribution in [0.1, 0.15) is 127 Å². The maximum Gasteiger partial charge on any atom is 0.116 e. The molecule has 8 nitrogen and oxygen atoms in total. The molecule has 7 aliphatic rings. The van der Waals surface area contributed by atoms with Crippen molar-refractivity contribution in [3.63, 3.8) is 0 Å². The highest BCUT2D eigenvalue weighted by molar-refractivity contribution is 5.65. The summed E-state index contributed by atoms with van der Waals surface area (Å²) >= 11 is 0. The van der Waals surface area contributed by atoms with Crippen molar-refractivity contribution in [1.29, 1.82) is 0 Å². The van der Waals surface area contributed by atoms with Crippen LogP contribution in [0.3, 0.4) is 0 Å². The Bertz CT molecular complexity index is 2610. The van der Waals surface area contributed by atoms with Gasteiger partial charge in [0.2, 0.25) is 0 Å². The number of benzene rings is 1. The first kappa shape index (κ1) is 48.6. The van der Waals surface area contributed by atoms with Crippen LogP contribution in [0.2, 0.25) is 0 Å². The van der Waals surface area contributed by atoms with Crippen molar-refractivity contribution in [2.45, 2.75) is 93.4 Å². The van der Waals surface area contributed by atoms with Crippen molar-refractivity contribution in [2.75, 3.05) is 0 Å². The van der Waals surface area contributed by atoms with Crippen LogP contribution in [0.25, 0.3) is 42.5 Å². The minimum atomic E-state index is 0.998. The molecule has 0 aliphatic heterocycles. The van der Waals surface area contributed by atoms with Gasteiger partial charge in [0.15, 0.2) is 0 Å². The van der Waals surface area contributed by atoms with Crippen LogP contribution in [-0.4, -0.2) is 39.9 Å². The molecule has 7 aromatic rings. The summed E-state index contributed by atoms with van der Waals surface area (Å²) < 4.78 is 0. The molecule has 6 aromatic heterocycles. The van der Waals surface area contributed by atoms with E-state index in [1.54, 1.807) is 12.7 Å². The molecule has 0 amide bonds. The quantitative estimate of drug-likeness (QED) is 0.148. The van der Waals surface area contributed by atoms with E-state index < -0.39 is 0 Å². The van der Waals surface area contributed by atoms with E-state index in [2.05, 4.69) is 179 Å². The molecular formula is C62H62N8. The number of pyridine rings is 4. The van der Waals surface area contributed by atoms with Gasteiger partial charge in [0.25, 0.3) is 0 Å². The highest BCUT2D eigenvalue weighted by atomic mass is 14.8. The standard InChI is InChI=1S/C10H10.4C9H9N.2C8H8N2/c1-8-6-9-4-2-3-5-10(9)7-8;2*1-7-4-8-2-3-10-6-9(8)5-7;2*1-7-5-8-3-2-4-10-9(8)6-7;2*1-6-2-7-4-9-5-10-8(7)3-6/h2-6H,7H2,1H3;2-3,5-6H,4H2,1H3;2*2-4,6H,5H2,1H3;2-5H,6H2,1H3;3-5H,2H2,1H3;2,4-5H,3H2,1H3. The van der Waals surface area contributed by atoms with E-state index in [0.717, 1.165) is 62.0 Å². The molecule has 0 spiro atoms. The molecule has 70 heavy (non-hydrogen) atoms. The van der Waals surface area contributed by atoms with Crippen molar-refractivity contribution in [3.8, 4) is 0 Å². The fraction of sp³-hybridized carbons (Fsp3) is 0.226. The molecular weight excluding hydrogens is 857 g/mol. The van der Waals surface area contributed by atoms with Crippen LogP contribution in [0.5, 0.6) is 0 Å². The third kappa shape index (κ3) is 13.4. The molecule has 0 bridgehead atoms. The lowest BCUT2D eigenvalue weighted by atomic mass is 10.1. The zero-order valence-corrected chi connectivity index (χ0v) is 41.6. The molecule has 0 atom stereocenters. The van der Waals surface area contributed by atoms with Gasteiger partial charge in [-0.25, -0.2) is 19.9 Å². The van der Waals surface area contributed by atoms with Gasteiger partial charge in [-0.2, -0.15) is 0 Å². The number of nitrogens with zero attached hydrogens (tertiary/aromatic N) is 8. The van der Waals surface area contributed by atoms with Crippen molar-refractivity contribution < 1.29 is 0 Å². The molecule has 0 saturated heterocycles. The fourth-order valence-corrected chi connectivity index (χ4v) is 9.20. The number of rotatable bonds is 0.